The van der Waals surface area contributed by atoms with Crippen LogP contribution in [0.4, 0.5) is 10.9 Å². The lowest BCUT2D eigenvalue weighted by Gasteiger charge is -2.12. The number of aromatic nitrogens is 3. The summed E-state index contributed by atoms with van der Waals surface area (Å²) in [6.07, 6.45) is 5.34. The third kappa shape index (κ3) is 3.70. The molecule has 0 aliphatic rings. The van der Waals surface area contributed by atoms with Crippen LogP contribution in [-0.4, -0.2) is 15.0 Å². The van der Waals surface area contributed by atoms with Crippen molar-refractivity contribution in [2.45, 2.75) is 6.92 Å². The SMILES string of the molecule is Cc1csc(Nc2ncc(-c3ccncc3)cc2Oc2ccccc2)n1. The smallest absolute Gasteiger partial charge is 0.188 e. The van der Waals surface area contributed by atoms with E-state index in [0.717, 1.165) is 27.7 Å². The lowest BCUT2D eigenvalue weighted by Crippen LogP contribution is -1.98. The fourth-order valence-electron chi connectivity index (χ4n) is 2.45. The molecule has 0 bridgehead atoms. The van der Waals surface area contributed by atoms with Gasteiger partial charge in [-0.1, -0.05) is 18.2 Å². The van der Waals surface area contributed by atoms with Gasteiger partial charge >= 0.3 is 0 Å². The van der Waals surface area contributed by atoms with Crippen LogP contribution in [0, 0.1) is 6.92 Å². The Kier molecular flexibility index (Phi) is 4.57. The van der Waals surface area contributed by atoms with Gasteiger partial charge in [0.2, 0.25) is 0 Å². The number of nitrogens with zero attached hydrogens (tertiary/aromatic N) is 3. The summed E-state index contributed by atoms with van der Waals surface area (Å²) < 4.78 is 6.09. The fourth-order valence-corrected chi connectivity index (χ4v) is 3.13. The van der Waals surface area contributed by atoms with Gasteiger partial charge in [0.25, 0.3) is 0 Å². The van der Waals surface area contributed by atoms with Crippen molar-refractivity contribution in [3.8, 4) is 22.6 Å². The van der Waals surface area contributed by atoms with E-state index in [4.69, 9.17) is 4.74 Å². The molecule has 3 aromatic heterocycles. The molecule has 0 unspecified atom stereocenters. The normalized spacial score (nSPS) is 10.5. The second-order valence-corrected chi connectivity index (χ2v) is 6.50. The van der Waals surface area contributed by atoms with Crippen LogP contribution in [-0.2, 0) is 0 Å². The van der Waals surface area contributed by atoms with Gasteiger partial charge in [0.1, 0.15) is 5.75 Å². The largest absolute Gasteiger partial charge is 0.453 e. The van der Waals surface area contributed by atoms with E-state index in [1.807, 2.05) is 67.0 Å². The first kappa shape index (κ1) is 16.2. The highest BCUT2D eigenvalue weighted by molar-refractivity contribution is 7.13. The predicted molar refractivity (Wildman–Crippen MR) is 104 cm³/mol. The number of hydrogen-bond donors (Lipinski definition) is 1. The molecule has 26 heavy (non-hydrogen) atoms. The number of benzene rings is 1. The number of nitrogens with one attached hydrogen (secondary N) is 1. The maximum Gasteiger partial charge on any atom is 0.188 e. The lowest BCUT2D eigenvalue weighted by atomic mass is 10.1. The minimum absolute atomic E-state index is 0.626. The Morgan fingerprint density at radius 1 is 1.00 bits per heavy atom. The second kappa shape index (κ2) is 7.33. The van der Waals surface area contributed by atoms with E-state index in [2.05, 4.69) is 20.3 Å². The minimum atomic E-state index is 0.626. The van der Waals surface area contributed by atoms with E-state index in [-0.39, 0.29) is 0 Å². The maximum absolute atomic E-state index is 6.09. The predicted octanol–water partition coefficient (Wildman–Crippen LogP) is 5.44. The van der Waals surface area contributed by atoms with Crippen LogP contribution in [0.3, 0.4) is 0 Å². The van der Waals surface area contributed by atoms with Crippen LogP contribution in [0.15, 0.2) is 72.5 Å². The molecule has 0 aliphatic carbocycles. The number of para-hydroxylation sites is 1. The minimum Gasteiger partial charge on any atom is -0.453 e. The van der Waals surface area contributed by atoms with E-state index < -0.39 is 0 Å². The van der Waals surface area contributed by atoms with Crippen LogP contribution in [0.1, 0.15) is 5.69 Å². The third-order valence-electron chi connectivity index (χ3n) is 3.68. The monoisotopic (exact) mass is 360 g/mol. The number of aryl methyl sites for hydroxylation is 1. The van der Waals surface area contributed by atoms with E-state index in [9.17, 15) is 0 Å². The van der Waals surface area contributed by atoms with Crippen molar-refractivity contribution < 1.29 is 4.74 Å². The summed E-state index contributed by atoms with van der Waals surface area (Å²) in [5, 5.41) is 6.02. The van der Waals surface area contributed by atoms with Crippen molar-refractivity contribution in [2.24, 2.45) is 0 Å². The Hall–Kier alpha value is -3.25. The molecule has 1 N–H and O–H groups in total. The molecule has 0 amide bonds. The first-order valence-corrected chi connectivity index (χ1v) is 8.98. The second-order valence-electron chi connectivity index (χ2n) is 5.64. The summed E-state index contributed by atoms with van der Waals surface area (Å²) >= 11 is 1.53. The van der Waals surface area contributed by atoms with Crippen molar-refractivity contribution in [2.75, 3.05) is 5.32 Å². The van der Waals surface area contributed by atoms with Crippen LogP contribution >= 0.6 is 11.3 Å². The first-order valence-electron chi connectivity index (χ1n) is 8.10. The molecular weight excluding hydrogens is 344 g/mol. The van der Waals surface area contributed by atoms with Crippen LogP contribution < -0.4 is 10.1 Å². The lowest BCUT2D eigenvalue weighted by molar-refractivity contribution is 0.483. The Balaban J connectivity index is 1.72. The van der Waals surface area contributed by atoms with Gasteiger partial charge in [0.05, 0.1) is 5.69 Å². The molecule has 0 radical (unpaired) electrons. The summed E-state index contributed by atoms with van der Waals surface area (Å²) in [5.41, 5.74) is 2.96. The third-order valence-corrected chi connectivity index (χ3v) is 4.56. The molecule has 0 saturated heterocycles. The molecule has 1 aromatic carbocycles. The van der Waals surface area contributed by atoms with E-state index in [1.165, 1.54) is 11.3 Å². The average molecular weight is 360 g/mol. The zero-order valence-corrected chi connectivity index (χ0v) is 14.9. The summed E-state index contributed by atoms with van der Waals surface area (Å²) in [6.45, 7) is 1.96. The Labute approximate surface area is 155 Å². The van der Waals surface area contributed by atoms with Crippen LogP contribution in [0.2, 0.25) is 0 Å². The summed E-state index contributed by atoms with van der Waals surface area (Å²) in [5.74, 6) is 2.01. The van der Waals surface area contributed by atoms with Gasteiger partial charge in [-0.3, -0.25) is 4.98 Å². The van der Waals surface area contributed by atoms with Gasteiger partial charge in [-0.25, -0.2) is 9.97 Å². The van der Waals surface area contributed by atoms with Gasteiger partial charge in [0.15, 0.2) is 16.7 Å². The van der Waals surface area contributed by atoms with Gasteiger partial charge in [-0.15, -0.1) is 11.3 Å². The summed E-state index contributed by atoms with van der Waals surface area (Å²) in [6, 6.07) is 15.5. The van der Waals surface area contributed by atoms with Crippen LogP contribution in [0.5, 0.6) is 11.5 Å². The highest BCUT2D eigenvalue weighted by atomic mass is 32.1. The summed E-state index contributed by atoms with van der Waals surface area (Å²) in [4.78, 5) is 13.1. The molecule has 4 aromatic rings. The number of ether oxygens (including phenoxy) is 1. The highest BCUT2D eigenvalue weighted by Crippen LogP contribution is 2.34. The molecule has 0 saturated carbocycles. The van der Waals surface area contributed by atoms with Crippen molar-refractivity contribution in [1.29, 1.82) is 0 Å². The van der Waals surface area contributed by atoms with Crippen LogP contribution in [0.25, 0.3) is 11.1 Å². The molecule has 0 spiro atoms. The fraction of sp³-hybridized carbons (Fsp3) is 0.0500. The van der Waals surface area contributed by atoms with Gasteiger partial charge in [-0.05, 0) is 42.8 Å². The van der Waals surface area contributed by atoms with Gasteiger partial charge in [-0.2, -0.15) is 0 Å². The molecule has 5 nitrogen and oxygen atoms in total. The number of rotatable bonds is 5. The molecule has 4 rings (SSSR count). The van der Waals surface area contributed by atoms with Crippen molar-refractivity contribution in [3.63, 3.8) is 0 Å². The van der Waals surface area contributed by atoms with Crippen molar-refractivity contribution in [3.05, 3.63) is 78.2 Å². The van der Waals surface area contributed by atoms with Gasteiger partial charge in [0, 0.05) is 29.5 Å². The van der Waals surface area contributed by atoms with Gasteiger partial charge < -0.3 is 10.1 Å². The highest BCUT2D eigenvalue weighted by Gasteiger charge is 2.11. The van der Waals surface area contributed by atoms with E-state index in [1.54, 1.807) is 12.4 Å². The molecule has 0 fully saturated rings. The van der Waals surface area contributed by atoms with E-state index in [0.29, 0.717) is 11.6 Å². The number of hydrogen-bond acceptors (Lipinski definition) is 6. The van der Waals surface area contributed by atoms with E-state index >= 15 is 0 Å². The summed E-state index contributed by atoms with van der Waals surface area (Å²) in [7, 11) is 0. The standard InChI is InChI=1S/C20H16N4OS/c1-14-13-26-20(23-14)24-19-18(25-17-5-3-2-4-6-17)11-16(12-22-19)15-7-9-21-10-8-15/h2-13H,1H3,(H,22,23,24). The average Bonchev–Trinajstić information content (AvgIpc) is 3.09. The first-order chi connectivity index (χ1) is 12.8. The zero-order chi connectivity index (χ0) is 17.8. The molecular formula is C20H16N4OS. The molecule has 0 atom stereocenters. The number of pyridine rings is 2. The Morgan fingerprint density at radius 2 is 1.81 bits per heavy atom. The maximum atomic E-state index is 6.09. The Morgan fingerprint density at radius 3 is 2.54 bits per heavy atom. The van der Waals surface area contributed by atoms with Crippen molar-refractivity contribution in [1.82, 2.24) is 15.0 Å². The Bertz CT molecular complexity index is 1000. The molecule has 3 heterocycles. The van der Waals surface area contributed by atoms with Crippen molar-refractivity contribution >= 4 is 22.3 Å². The molecule has 0 aliphatic heterocycles. The molecule has 6 heteroatoms. The number of anilines is 2. The quantitative estimate of drug-likeness (QED) is 0.513. The topological polar surface area (TPSA) is 59.9 Å². The zero-order valence-electron chi connectivity index (χ0n) is 14.1. The number of thiazole rings is 1. The molecule has 128 valence electrons.